The summed E-state index contributed by atoms with van der Waals surface area (Å²) in [5.41, 5.74) is 0. The summed E-state index contributed by atoms with van der Waals surface area (Å²) < 4.78 is 27.8. The average Bonchev–Trinajstić information content (AvgIpc) is 3.11. The molecule has 0 spiro atoms. The number of hydrogen-bond donors (Lipinski definition) is 1. The highest BCUT2D eigenvalue weighted by Crippen LogP contribution is 2.29. The van der Waals surface area contributed by atoms with Crippen LogP contribution < -0.4 is 5.32 Å². The van der Waals surface area contributed by atoms with Crippen molar-refractivity contribution in [2.75, 3.05) is 24.6 Å². The zero-order valence-corrected chi connectivity index (χ0v) is 13.3. The number of rotatable bonds is 4. The molecule has 0 radical (unpaired) electrons. The Balaban J connectivity index is 1.56. The molecule has 0 aromatic carbocycles. The van der Waals surface area contributed by atoms with Gasteiger partial charge >= 0.3 is 0 Å². The molecule has 9 heteroatoms. The van der Waals surface area contributed by atoms with E-state index in [1.54, 1.807) is 6.92 Å². The maximum absolute atomic E-state index is 12.1. The molecule has 2 fully saturated rings. The number of nitrogens with zero attached hydrogens (tertiary/aromatic N) is 3. The molecule has 0 saturated carbocycles. The Bertz CT molecular complexity index is 657. The van der Waals surface area contributed by atoms with Gasteiger partial charge in [-0.1, -0.05) is 5.16 Å². The van der Waals surface area contributed by atoms with Crippen molar-refractivity contribution in [1.82, 2.24) is 20.4 Å². The topological polar surface area (TPSA) is 105 Å². The second-order valence-electron chi connectivity index (χ2n) is 5.97. The molecule has 2 aliphatic rings. The summed E-state index contributed by atoms with van der Waals surface area (Å²) in [4.78, 5) is 18.4. The van der Waals surface area contributed by atoms with E-state index in [0.29, 0.717) is 18.1 Å². The third kappa shape index (κ3) is 3.46. The first kappa shape index (κ1) is 15.4. The number of likely N-dealkylation sites (tertiary alicyclic amines) is 1. The van der Waals surface area contributed by atoms with Crippen molar-refractivity contribution in [3.05, 3.63) is 11.7 Å². The van der Waals surface area contributed by atoms with Crippen molar-refractivity contribution in [3.8, 4) is 0 Å². The van der Waals surface area contributed by atoms with Gasteiger partial charge in [-0.3, -0.25) is 9.69 Å². The summed E-state index contributed by atoms with van der Waals surface area (Å²) in [6.45, 7) is 2.77. The molecule has 8 nitrogen and oxygen atoms in total. The Hall–Kier alpha value is -1.48. The Morgan fingerprint density at radius 1 is 1.45 bits per heavy atom. The Labute approximate surface area is 129 Å². The molecule has 2 saturated heterocycles. The number of carbonyl (C=O) groups is 1. The lowest BCUT2D eigenvalue weighted by atomic mass is 10.2. The number of nitrogens with one attached hydrogen (secondary N) is 1. The molecule has 3 heterocycles. The number of aryl methyl sites for hydroxylation is 1. The zero-order valence-electron chi connectivity index (χ0n) is 12.5. The molecular formula is C13H20N4O4S. The predicted molar refractivity (Wildman–Crippen MR) is 77.8 cm³/mol. The Morgan fingerprint density at radius 3 is 2.91 bits per heavy atom. The second kappa shape index (κ2) is 5.96. The van der Waals surface area contributed by atoms with Gasteiger partial charge in [-0.2, -0.15) is 4.98 Å². The molecule has 0 unspecified atom stereocenters. The van der Waals surface area contributed by atoms with Crippen molar-refractivity contribution in [3.63, 3.8) is 0 Å². The van der Waals surface area contributed by atoms with E-state index in [0.717, 1.165) is 19.4 Å². The first-order chi connectivity index (χ1) is 10.4. The average molecular weight is 328 g/mol. The summed E-state index contributed by atoms with van der Waals surface area (Å²) in [7, 11) is -2.98. The van der Waals surface area contributed by atoms with Crippen LogP contribution in [0.4, 0.5) is 0 Å². The molecule has 3 rings (SSSR count). The monoisotopic (exact) mass is 328 g/mol. The van der Waals surface area contributed by atoms with Crippen LogP contribution in [0.25, 0.3) is 0 Å². The van der Waals surface area contributed by atoms with Crippen molar-refractivity contribution in [2.45, 2.75) is 38.3 Å². The van der Waals surface area contributed by atoms with Crippen LogP contribution >= 0.6 is 0 Å². The van der Waals surface area contributed by atoms with Gasteiger partial charge in [0.05, 0.1) is 24.1 Å². The molecule has 1 aromatic heterocycles. The van der Waals surface area contributed by atoms with Gasteiger partial charge in [-0.15, -0.1) is 0 Å². The van der Waals surface area contributed by atoms with Gasteiger partial charge in [0.2, 0.25) is 11.8 Å². The van der Waals surface area contributed by atoms with Gasteiger partial charge < -0.3 is 9.84 Å². The highest BCUT2D eigenvalue weighted by Gasteiger charge is 2.33. The minimum absolute atomic E-state index is 0.00416. The summed E-state index contributed by atoms with van der Waals surface area (Å²) in [5.74, 6) is 1.20. The van der Waals surface area contributed by atoms with E-state index in [1.807, 2.05) is 4.90 Å². The highest BCUT2D eigenvalue weighted by atomic mass is 32.2. The maximum atomic E-state index is 12.1. The summed E-state index contributed by atoms with van der Waals surface area (Å²) in [6, 6.07) is -0.263. The van der Waals surface area contributed by atoms with Crippen molar-refractivity contribution < 1.29 is 17.7 Å². The number of carbonyl (C=O) groups excluding carboxylic acids is 1. The lowest BCUT2D eigenvalue weighted by molar-refractivity contribution is -0.123. The second-order valence-corrected chi connectivity index (χ2v) is 8.20. The van der Waals surface area contributed by atoms with E-state index in [2.05, 4.69) is 15.5 Å². The van der Waals surface area contributed by atoms with Gasteiger partial charge in [0.1, 0.15) is 0 Å². The van der Waals surface area contributed by atoms with Gasteiger partial charge in [0.25, 0.3) is 0 Å². The molecule has 0 aliphatic carbocycles. The van der Waals surface area contributed by atoms with Crippen molar-refractivity contribution in [1.29, 1.82) is 0 Å². The number of sulfone groups is 1. The first-order valence-corrected chi connectivity index (χ1v) is 9.29. The SMILES string of the molecule is Cc1nc([C@@H]2CCCN2CC(=O)N[C@H]2CCS(=O)(=O)C2)no1. The smallest absolute Gasteiger partial charge is 0.234 e. The molecule has 2 atom stereocenters. The van der Waals surface area contributed by atoms with Crippen LogP contribution in [0.15, 0.2) is 4.52 Å². The van der Waals surface area contributed by atoms with E-state index in [4.69, 9.17) is 4.52 Å². The quantitative estimate of drug-likeness (QED) is 0.817. The summed E-state index contributed by atoms with van der Waals surface area (Å²) in [5, 5.41) is 6.75. The highest BCUT2D eigenvalue weighted by molar-refractivity contribution is 7.91. The summed E-state index contributed by atoms with van der Waals surface area (Å²) >= 11 is 0. The molecule has 122 valence electrons. The molecule has 1 amide bonds. The molecule has 1 aromatic rings. The fraction of sp³-hybridized carbons (Fsp3) is 0.769. The molecule has 22 heavy (non-hydrogen) atoms. The van der Waals surface area contributed by atoms with Gasteiger partial charge in [0, 0.05) is 13.0 Å². The minimum atomic E-state index is -2.98. The van der Waals surface area contributed by atoms with Crippen LogP contribution in [0.3, 0.4) is 0 Å². The van der Waals surface area contributed by atoms with Crippen LogP contribution in [-0.4, -0.2) is 60.0 Å². The predicted octanol–water partition coefficient (Wildman–Crippen LogP) is -0.182. The number of amides is 1. The Kier molecular flexibility index (Phi) is 4.18. The first-order valence-electron chi connectivity index (χ1n) is 7.47. The third-order valence-corrected chi connectivity index (χ3v) is 5.92. The molecule has 1 N–H and O–H groups in total. The van der Waals surface area contributed by atoms with Crippen LogP contribution in [0.1, 0.15) is 37.0 Å². The fourth-order valence-corrected chi connectivity index (χ4v) is 4.80. The fourth-order valence-electron chi connectivity index (χ4n) is 3.12. The van der Waals surface area contributed by atoms with Gasteiger partial charge in [0.15, 0.2) is 15.7 Å². The number of hydrogen-bond acceptors (Lipinski definition) is 7. The molecule has 2 aliphatic heterocycles. The lowest BCUT2D eigenvalue weighted by Crippen LogP contribution is -2.42. The van der Waals surface area contributed by atoms with Crippen LogP contribution in [0.2, 0.25) is 0 Å². The van der Waals surface area contributed by atoms with Gasteiger partial charge in [-0.05, 0) is 25.8 Å². The molecule has 0 bridgehead atoms. The lowest BCUT2D eigenvalue weighted by Gasteiger charge is -2.22. The van der Waals surface area contributed by atoms with Crippen molar-refractivity contribution in [2.24, 2.45) is 0 Å². The zero-order chi connectivity index (χ0) is 15.7. The van der Waals surface area contributed by atoms with Crippen LogP contribution in [0.5, 0.6) is 0 Å². The van der Waals surface area contributed by atoms with E-state index < -0.39 is 9.84 Å². The third-order valence-electron chi connectivity index (χ3n) is 4.15. The normalized spacial score (nSPS) is 28.0. The standard InChI is InChI=1S/C13H20N4O4S/c1-9-14-13(16-21-9)11-3-2-5-17(11)7-12(18)15-10-4-6-22(19,20)8-10/h10-11H,2-8H2,1H3,(H,15,18)/t10-,11-/m0/s1. The molecular weight excluding hydrogens is 308 g/mol. The van der Waals surface area contributed by atoms with Gasteiger partial charge in [-0.25, -0.2) is 8.42 Å². The largest absolute Gasteiger partial charge is 0.351 e. The van der Waals surface area contributed by atoms with E-state index >= 15 is 0 Å². The minimum Gasteiger partial charge on any atom is -0.351 e. The van der Waals surface area contributed by atoms with Crippen molar-refractivity contribution >= 4 is 15.7 Å². The summed E-state index contributed by atoms with van der Waals surface area (Å²) in [6.07, 6.45) is 2.37. The number of aromatic nitrogens is 2. The maximum Gasteiger partial charge on any atom is 0.234 e. The van der Waals surface area contributed by atoms with E-state index in [-0.39, 0.29) is 36.0 Å². The Morgan fingerprint density at radius 2 is 2.27 bits per heavy atom. The van der Waals surface area contributed by atoms with Crippen LogP contribution in [0, 0.1) is 6.92 Å². The van der Waals surface area contributed by atoms with E-state index in [1.165, 1.54) is 0 Å². The van der Waals surface area contributed by atoms with E-state index in [9.17, 15) is 13.2 Å². The van der Waals surface area contributed by atoms with Crippen LogP contribution in [-0.2, 0) is 14.6 Å².